The molecule has 18 nitrogen and oxygen atoms in total. The van der Waals surface area contributed by atoms with E-state index in [0.29, 0.717) is 36.2 Å². The highest BCUT2D eigenvalue weighted by Gasteiger charge is 2.24. The lowest BCUT2D eigenvalue weighted by Crippen LogP contribution is -2.30. The van der Waals surface area contributed by atoms with Crippen molar-refractivity contribution in [1.82, 2.24) is 40.2 Å². The Morgan fingerprint density at radius 3 is 1.37 bits per heavy atom. The van der Waals surface area contributed by atoms with Crippen LogP contribution in [0.3, 0.4) is 0 Å². The lowest BCUT2D eigenvalue weighted by atomic mass is 10.0. The Labute approximate surface area is 389 Å². The van der Waals surface area contributed by atoms with Crippen molar-refractivity contribution in [3.8, 4) is 0 Å². The number of hydrogen-bond acceptors (Lipinski definition) is 13. The van der Waals surface area contributed by atoms with Gasteiger partial charge in [-0.15, -0.1) is 0 Å². The van der Waals surface area contributed by atoms with Crippen LogP contribution >= 0.6 is 0 Å². The second-order valence-corrected chi connectivity index (χ2v) is 16.3. The molecular weight excluding hydrogens is 857 g/mol. The maximum atomic E-state index is 12.9. The van der Waals surface area contributed by atoms with Crippen molar-refractivity contribution in [2.24, 2.45) is 0 Å². The summed E-state index contributed by atoms with van der Waals surface area (Å²) in [4.78, 5) is 58.2. The van der Waals surface area contributed by atoms with Gasteiger partial charge in [-0.2, -0.15) is 10.2 Å². The van der Waals surface area contributed by atoms with Gasteiger partial charge in [0.05, 0.1) is 52.8 Å². The van der Waals surface area contributed by atoms with Crippen molar-refractivity contribution in [3.05, 3.63) is 106 Å². The third kappa shape index (κ3) is 11.2. The average Bonchev–Trinajstić information content (AvgIpc) is 3.99. The first-order valence-electron chi connectivity index (χ1n) is 23.1. The number of rotatable bonds is 16. The van der Waals surface area contributed by atoms with Gasteiger partial charge in [0.1, 0.15) is 0 Å². The van der Waals surface area contributed by atoms with Crippen LogP contribution in [0, 0.1) is 0 Å². The van der Waals surface area contributed by atoms with E-state index in [0.717, 1.165) is 128 Å². The van der Waals surface area contributed by atoms with Crippen LogP contribution in [-0.2, 0) is 53.2 Å². The zero-order valence-electron chi connectivity index (χ0n) is 38.8. The molecule has 0 atom stereocenters. The fourth-order valence-electron chi connectivity index (χ4n) is 8.38. The van der Waals surface area contributed by atoms with E-state index in [1.54, 1.807) is 24.3 Å². The quantitative estimate of drug-likeness (QED) is 0.0649. The predicted octanol–water partition coefficient (Wildman–Crippen LogP) is 6.55. The highest BCUT2D eigenvalue weighted by Crippen LogP contribution is 2.33. The van der Waals surface area contributed by atoms with Gasteiger partial charge < -0.3 is 40.6 Å². The molecule has 354 valence electrons. The molecular formula is C49H60N10O8. The number of esters is 1. The molecule has 2 aromatic carbocycles. The Bertz CT molecular complexity index is 2690. The highest BCUT2D eigenvalue weighted by molar-refractivity contribution is 5.98. The van der Waals surface area contributed by atoms with Gasteiger partial charge in [-0.1, -0.05) is 13.8 Å². The summed E-state index contributed by atoms with van der Waals surface area (Å²) in [6.07, 6.45) is 8.80. The summed E-state index contributed by atoms with van der Waals surface area (Å²) < 4.78 is 19.5. The fourth-order valence-corrected chi connectivity index (χ4v) is 8.38. The Morgan fingerprint density at radius 2 is 1.01 bits per heavy atom. The van der Waals surface area contributed by atoms with E-state index in [-0.39, 0.29) is 29.5 Å². The van der Waals surface area contributed by atoms with Gasteiger partial charge in [-0.3, -0.25) is 9.59 Å². The monoisotopic (exact) mass is 916 g/mol. The van der Waals surface area contributed by atoms with E-state index < -0.39 is 11.9 Å². The molecule has 0 aliphatic carbocycles. The molecule has 18 heteroatoms. The second-order valence-electron chi connectivity index (χ2n) is 16.3. The molecule has 2 amide bonds. The zero-order chi connectivity index (χ0) is 47.5. The number of amides is 2. The zero-order valence-corrected chi connectivity index (χ0v) is 38.8. The molecule has 0 spiro atoms. The third-order valence-corrected chi connectivity index (χ3v) is 12.2. The number of pyridine rings is 2. The molecule has 4 aromatic heterocycles. The van der Waals surface area contributed by atoms with E-state index in [9.17, 15) is 19.2 Å². The van der Waals surface area contributed by atoms with Crippen LogP contribution in [-0.4, -0.2) is 104 Å². The molecule has 6 aromatic rings. The first-order chi connectivity index (χ1) is 32.6. The number of ether oxygens (including phenoxy) is 3. The van der Waals surface area contributed by atoms with E-state index in [2.05, 4.69) is 45.3 Å². The first-order valence-corrected chi connectivity index (χ1v) is 23.1. The van der Waals surface area contributed by atoms with Crippen LogP contribution in [0.15, 0.2) is 60.9 Å². The number of aromatic carboxylic acids is 1. The van der Waals surface area contributed by atoms with E-state index in [1.807, 2.05) is 35.6 Å². The van der Waals surface area contributed by atoms with Gasteiger partial charge in [0.15, 0.2) is 11.3 Å². The molecule has 6 heterocycles. The summed E-state index contributed by atoms with van der Waals surface area (Å²) in [7, 11) is 1.33. The predicted molar refractivity (Wildman–Crippen MR) is 254 cm³/mol. The maximum Gasteiger partial charge on any atom is 0.337 e. The van der Waals surface area contributed by atoms with Gasteiger partial charge in [0, 0.05) is 98.3 Å². The molecule has 2 saturated heterocycles. The van der Waals surface area contributed by atoms with Crippen LogP contribution in [0.5, 0.6) is 0 Å². The number of anilines is 2. The highest BCUT2D eigenvalue weighted by atomic mass is 16.5. The number of aromatic nitrogens is 6. The fraction of sp³-hybridized carbons (Fsp3) is 0.429. The molecule has 0 saturated carbocycles. The van der Waals surface area contributed by atoms with Crippen molar-refractivity contribution in [2.45, 2.75) is 104 Å². The molecule has 2 aliphatic heterocycles. The number of carbonyl (C=O) groups is 4. The van der Waals surface area contributed by atoms with Crippen LogP contribution in [0.25, 0.3) is 22.1 Å². The molecule has 2 fully saturated rings. The molecule has 0 unspecified atom stereocenters. The Hall–Kier alpha value is -6.92. The number of benzene rings is 2. The van der Waals surface area contributed by atoms with E-state index in [4.69, 9.17) is 29.3 Å². The van der Waals surface area contributed by atoms with Gasteiger partial charge in [-0.05, 0) is 101 Å². The van der Waals surface area contributed by atoms with Gasteiger partial charge in [-0.25, -0.2) is 28.9 Å². The number of nitrogens with zero attached hydrogens (tertiary/aromatic N) is 6. The maximum absolute atomic E-state index is 12.9. The Morgan fingerprint density at radius 1 is 0.627 bits per heavy atom. The summed E-state index contributed by atoms with van der Waals surface area (Å²) >= 11 is 0. The Balaban J connectivity index is 0.000000199. The van der Waals surface area contributed by atoms with Gasteiger partial charge in [0.25, 0.3) is 11.8 Å². The second kappa shape index (κ2) is 22.5. The van der Waals surface area contributed by atoms with Crippen molar-refractivity contribution < 1.29 is 38.5 Å². The summed E-state index contributed by atoms with van der Waals surface area (Å²) in [6, 6.07) is 12.9. The molecule has 2 aliphatic rings. The lowest BCUT2D eigenvalue weighted by Gasteiger charge is -2.26. The van der Waals surface area contributed by atoms with Crippen molar-refractivity contribution in [1.29, 1.82) is 0 Å². The average molecular weight is 917 g/mol. The van der Waals surface area contributed by atoms with Crippen LogP contribution in [0.2, 0.25) is 0 Å². The van der Waals surface area contributed by atoms with E-state index in [1.165, 1.54) is 31.4 Å². The minimum atomic E-state index is -1.02. The standard InChI is InChI=1S/C25H31N5O4.C24H29N5O4/c1-4-21-19(14-26-24(31)16-6-8-17(9-7-16)25(32)33-3)22(28-18-10-12-34-13-11-18)20-15-27-30(5-2)23(20)29-21;1-3-20-18(13-25-23(30)15-5-7-16(8-6-15)24(31)32)21(27-17-9-11-33-12-10-17)19-14-26-29(4-2)22(19)28-20/h6-9,15,18H,4-5,10-14H2,1-3H3,(H,26,31)(H,28,29);5-8,14,17H,3-4,9-13H2,1-2H3,(H,25,30)(H,27,28)(H,31,32). The number of carbonyl (C=O) groups excluding carboxylic acids is 3. The number of fused-ring (bicyclic) bond motifs is 2. The number of carboxylic acid groups (broad SMARTS) is 1. The van der Waals surface area contributed by atoms with Crippen LogP contribution in [0.4, 0.5) is 11.4 Å². The number of carboxylic acids is 1. The summed E-state index contributed by atoms with van der Waals surface area (Å²) in [6.45, 7) is 13.2. The number of hydrogen-bond donors (Lipinski definition) is 5. The number of nitrogens with one attached hydrogen (secondary N) is 4. The minimum absolute atomic E-state index is 0.144. The molecule has 0 bridgehead atoms. The van der Waals surface area contributed by atoms with Gasteiger partial charge in [0.2, 0.25) is 0 Å². The smallest absolute Gasteiger partial charge is 0.337 e. The van der Waals surface area contributed by atoms with Crippen molar-refractivity contribution >= 4 is 57.2 Å². The summed E-state index contributed by atoms with van der Waals surface area (Å²) in [5.74, 6) is -1.95. The first kappa shape index (κ1) is 48.0. The molecule has 67 heavy (non-hydrogen) atoms. The van der Waals surface area contributed by atoms with Crippen molar-refractivity contribution in [3.63, 3.8) is 0 Å². The normalized spacial score (nSPS) is 14.3. The molecule has 5 N–H and O–H groups in total. The lowest BCUT2D eigenvalue weighted by molar-refractivity contribution is 0.0599. The summed E-state index contributed by atoms with van der Waals surface area (Å²) in [5.41, 5.74) is 8.81. The summed E-state index contributed by atoms with van der Waals surface area (Å²) in [5, 5.41) is 33.4. The minimum Gasteiger partial charge on any atom is -0.478 e. The molecule has 8 rings (SSSR count). The van der Waals surface area contributed by atoms with Crippen LogP contribution < -0.4 is 21.3 Å². The Kier molecular flexibility index (Phi) is 16.1. The SMILES string of the molecule is CCc1nc2c(cnn2CC)c(NC2CCOCC2)c1CNC(=O)c1ccc(C(=O)O)cc1.CCc1nc2c(cnn2CC)c(NC2CCOCC2)c1CNC(=O)c1ccc(C(=O)OC)cc1. The number of methoxy groups -OCH3 is 1. The topological polar surface area (TPSA) is 226 Å². The van der Waals surface area contributed by atoms with Crippen molar-refractivity contribution in [2.75, 3.05) is 44.2 Å². The number of aryl methyl sites for hydroxylation is 4. The third-order valence-electron chi connectivity index (χ3n) is 12.2. The van der Waals surface area contributed by atoms with Gasteiger partial charge >= 0.3 is 11.9 Å². The molecule has 0 radical (unpaired) electrons. The van der Waals surface area contributed by atoms with E-state index >= 15 is 0 Å². The van der Waals surface area contributed by atoms with Crippen LogP contribution in [0.1, 0.15) is 117 Å². The largest absolute Gasteiger partial charge is 0.478 e.